The molecule has 0 saturated carbocycles. The minimum atomic E-state index is -0.870. The van der Waals surface area contributed by atoms with Gasteiger partial charge in [-0.05, 0) is 43.5 Å². The van der Waals surface area contributed by atoms with Gasteiger partial charge in [-0.1, -0.05) is 46.3 Å². The van der Waals surface area contributed by atoms with Gasteiger partial charge in [-0.15, -0.1) is 0 Å². The normalized spacial score (nSPS) is 11.6. The molecule has 4 nitrogen and oxygen atoms in total. The van der Waals surface area contributed by atoms with Crippen molar-refractivity contribution in [3.8, 4) is 0 Å². The van der Waals surface area contributed by atoms with E-state index in [2.05, 4.69) is 21.2 Å². The van der Waals surface area contributed by atoms with E-state index in [1.165, 1.54) is 17.7 Å². The second-order valence-corrected chi connectivity index (χ2v) is 6.61. The number of hydrogen-bond donors (Lipinski definition) is 1. The number of rotatable bonds is 7. The van der Waals surface area contributed by atoms with E-state index in [4.69, 9.17) is 4.74 Å². The minimum Gasteiger partial charge on any atom is -0.452 e. The molecule has 2 aromatic rings. The quantitative estimate of drug-likeness (QED) is 0.708. The Hall–Kier alpha value is -2.21. The molecule has 0 aliphatic carbocycles. The minimum absolute atomic E-state index is 0.0611. The molecule has 6 heteroatoms. The number of benzene rings is 2. The first-order valence-corrected chi connectivity index (χ1v) is 8.70. The maximum Gasteiger partial charge on any atom is 0.341 e. The zero-order chi connectivity index (χ0) is 18.2. The van der Waals surface area contributed by atoms with Crippen LogP contribution in [-0.2, 0) is 16.0 Å². The molecule has 132 valence electrons. The first-order valence-electron chi connectivity index (χ1n) is 7.91. The average Bonchev–Trinajstić information content (AvgIpc) is 2.61. The van der Waals surface area contributed by atoms with E-state index in [0.29, 0.717) is 4.47 Å². The summed E-state index contributed by atoms with van der Waals surface area (Å²) in [6.45, 7) is 1.44. The summed E-state index contributed by atoms with van der Waals surface area (Å²) >= 11 is 3.16. The molecule has 0 radical (unpaired) electrons. The van der Waals surface area contributed by atoms with E-state index >= 15 is 0 Å². The molecule has 0 spiro atoms. The molecule has 0 fully saturated rings. The van der Waals surface area contributed by atoms with Crippen molar-refractivity contribution in [1.82, 2.24) is 5.32 Å². The van der Waals surface area contributed by atoms with Crippen molar-refractivity contribution in [1.29, 1.82) is 0 Å². The van der Waals surface area contributed by atoms with Crippen LogP contribution in [0.3, 0.4) is 0 Å². The summed E-state index contributed by atoms with van der Waals surface area (Å²) in [5, 5.41) is 2.76. The van der Waals surface area contributed by atoms with Crippen LogP contribution in [0.25, 0.3) is 0 Å². The van der Waals surface area contributed by atoms with E-state index in [-0.39, 0.29) is 11.6 Å². The summed E-state index contributed by atoms with van der Waals surface area (Å²) in [7, 11) is 0. The molecule has 0 aliphatic rings. The summed E-state index contributed by atoms with van der Waals surface area (Å²) in [5.41, 5.74) is 0.986. The second kappa shape index (κ2) is 9.32. The first-order chi connectivity index (χ1) is 12.0. The van der Waals surface area contributed by atoms with Crippen molar-refractivity contribution in [2.24, 2.45) is 0 Å². The number of amides is 1. The van der Waals surface area contributed by atoms with Crippen molar-refractivity contribution in [2.45, 2.75) is 25.8 Å². The molecule has 1 atom stereocenters. The smallest absolute Gasteiger partial charge is 0.341 e. The topological polar surface area (TPSA) is 55.4 Å². The van der Waals surface area contributed by atoms with Gasteiger partial charge < -0.3 is 10.1 Å². The van der Waals surface area contributed by atoms with Crippen molar-refractivity contribution >= 4 is 27.8 Å². The van der Waals surface area contributed by atoms with Crippen LogP contribution in [0.1, 0.15) is 29.3 Å². The summed E-state index contributed by atoms with van der Waals surface area (Å²) in [5.74, 6) is -1.97. The monoisotopic (exact) mass is 407 g/mol. The van der Waals surface area contributed by atoms with Gasteiger partial charge in [-0.25, -0.2) is 9.18 Å². The van der Waals surface area contributed by atoms with Crippen molar-refractivity contribution in [3.05, 3.63) is 69.9 Å². The number of halogens is 2. The van der Waals surface area contributed by atoms with Gasteiger partial charge in [0.05, 0.1) is 5.56 Å². The fraction of sp³-hybridized carbons (Fsp3) is 0.263. The third-order valence-corrected chi connectivity index (χ3v) is 4.09. The van der Waals surface area contributed by atoms with Crippen molar-refractivity contribution in [3.63, 3.8) is 0 Å². The summed E-state index contributed by atoms with van der Waals surface area (Å²) < 4.78 is 19.0. The molecule has 2 rings (SSSR count). The van der Waals surface area contributed by atoms with Crippen LogP contribution in [0.15, 0.2) is 53.0 Å². The van der Waals surface area contributed by atoms with Crippen LogP contribution in [0, 0.1) is 5.82 Å². The highest BCUT2D eigenvalue weighted by Crippen LogP contribution is 2.16. The Bertz CT molecular complexity index is 737. The molecule has 0 saturated heterocycles. The van der Waals surface area contributed by atoms with Gasteiger partial charge in [0.2, 0.25) is 0 Å². The molecule has 0 bridgehead atoms. The summed E-state index contributed by atoms with van der Waals surface area (Å²) in [6.07, 6.45) is 1.61. The van der Waals surface area contributed by atoms with Crippen LogP contribution < -0.4 is 5.32 Å². The SMILES string of the molecule is C[C@H](CCc1ccccc1)NC(=O)COC(=O)c1cc(Br)ccc1F. The van der Waals surface area contributed by atoms with Crippen molar-refractivity contribution < 1.29 is 18.7 Å². The molecule has 0 aromatic heterocycles. The van der Waals surface area contributed by atoms with Gasteiger partial charge >= 0.3 is 5.97 Å². The maximum atomic E-state index is 13.6. The fourth-order valence-electron chi connectivity index (χ4n) is 2.28. The molecule has 2 aromatic carbocycles. The number of nitrogens with one attached hydrogen (secondary N) is 1. The van der Waals surface area contributed by atoms with Gasteiger partial charge in [0.15, 0.2) is 6.61 Å². The molecule has 0 heterocycles. The highest BCUT2D eigenvalue weighted by Gasteiger charge is 2.16. The van der Waals surface area contributed by atoms with Gasteiger partial charge in [0.25, 0.3) is 5.91 Å². The molecule has 1 N–H and O–H groups in total. The summed E-state index contributed by atoms with van der Waals surface area (Å²) in [6, 6.07) is 13.9. The number of esters is 1. The van der Waals surface area contributed by atoms with E-state index in [1.54, 1.807) is 0 Å². The Morgan fingerprint density at radius 1 is 1.20 bits per heavy atom. The molecular formula is C19H19BrFNO3. The Morgan fingerprint density at radius 3 is 2.64 bits per heavy atom. The molecule has 0 aliphatic heterocycles. The van der Waals surface area contributed by atoms with E-state index in [0.717, 1.165) is 18.9 Å². The number of hydrogen-bond acceptors (Lipinski definition) is 3. The van der Waals surface area contributed by atoms with Crippen LogP contribution in [0.2, 0.25) is 0 Å². The van der Waals surface area contributed by atoms with Gasteiger partial charge in [0, 0.05) is 10.5 Å². The highest BCUT2D eigenvalue weighted by molar-refractivity contribution is 9.10. The lowest BCUT2D eigenvalue weighted by atomic mass is 10.1. The van der Waals surface area contributed by atoms with E-state index in [1.807, 2.05) is 37.3 Å². The number of ether oxygens (including phenoxy) is 1. The first kappa shape index (κ1) is 19.1. The largest absolute Gasteiger partial charge is 0.452 e. The van der Waals surface area contributed by atoms with E-state index in [9.17, 15) is 14.0 Å². The molecule has 0 unspecified atom stereocenters. The number of carbonyl (C=O) groups excluding carboxylic acids is 2. The zero-order valence-electron chi connectivity index (χ0n) is 13.8. The highest BCUT2D eigenvalue weighted by atomic mass is 79.9. The zero-order valence-corrected chi connectivity index (χ0v) is 15.4. The van der Waals surface area contributed by atoms with Crippen LogP contribution in [-0.4, -0.2) is 24.5 Å². The third kappa shape index (κ3) is 6.31. The molecular weight excluding hydrogens is 389 g/mol. The Labute approximate surface area is 154 Å². The Balaban J connectivity index is 1.76. The maximum absolute atomic E-state index is 13.6. The van der Waals surface area contributed by atoms with Crippen LogP contribution >= 0.6 is 15.9 Å². The van der Waals surface area contributed by atoms with Gasteiger partial charge in [-0.2, -0.15) is 0 Å². The lowest BCUT2D eigenvalue weighted by Gasteiger charge is -2.14. The van der Waals surface area contributed by atoms with Crippen LogP contribution in [0.5, 0.6) is 0 Å². The number of carbonyl (C=O) groups is 2. The predicted octanol–water partition coefficient (Wildman–Crippen LogP) is 3.88. The van der Waals surface area contributed by atoms with Gasteiger partial charge in [-0.3, -0.25) is 4.79 Å². The second-order valence-electron chi connectivity index (χ2n) is 5.69. The standard InChI is InChI=1S/C19H19BrFNO3/c1-13(7-8-14-5-3-2-4-6-14)22-18(23)12-25-19(24)16-11-15(20)9-10-17(16)21/h2-6,9-11,13H,7-8,12H2,1H3,(H,22,23)/t13-/m1/s1. The number of aryl methyl sites for hydroxylation is 1. The lowest BCUT2D eigenvalue weighted by molar-refractivity contribution is -0.124. The van der Waals surface area contributed by atoms with Crippen LogP contribution in [0.4, 0.5) is 4.39 Å². The van der Waals surface area contributed by atoms with Gasteiger partial charge in [0.1, 0.15) is 5.82 Å². The third-order valence-electron chi connectivity index (χ3n) is 3.60. The van der Waals surface area contributed by atoms with Crippen molar-refractivity contribution in [2.75, 3.05) is 6.61 Å². The Morgan fingerprint density at radius 2 is 1.92 bits per heavy atom. The summed E-state index contributed by atoms with van der Waals surface area (Å²) in [4.78, 5) is 23.7. The molecule has 1 amide bonds. The fourth-order valence-corrected chi connectivity index (χ4v) is 2.64. The molecule has 25 heavy (non-hydrogen) atoms. The lowest BCUT2D eigenvalue weighted by Crippen LogP contribution is -2.36. The Kier molecular flexibility index (Phi) is 7.13. The van der Waals surface area contributed by atoms with E-state index < -0.39 is 24.3 Å². The average molecular weight is 408 g/mol. The predicted molar refractivity (Wildman–Crippen MR) is 96.8 cm³/mol.